The van der Waals surface area contributed by atoms with Crippen molar-refractivity contribution in [3.63, 3.8) is 0 Å². The van der Waals surface area contributed by atoms with Gasteiger partial charge in [-0.3, -0.25) is 0 Å². The monoisotopic (exact) mass is 277 g/mol. The van der Waals surface area contributed by atoms with Crippen LogP contribution in [0.25, 0.3) is 11.4 Å². The molecule has 0 aliphatic rings. The highest BCUT2D eigenvalue weighted by molar-refractivity contribution is 5.95. The van der Waals surface area contributed by atoms with Gasteiger partial charge in [0.1, 0.15) is 11.3 Å². The Morgan fingerprint density at radius 1 is 1.40 bits per heavy atom. The fourth-order valence-electron chi connectivity index (χ4n) is 2.07. The van der Waals surface area contributed by atoms with Gasteiger partial charge in [0.05, 0.1) is 18.2 Å². The molecule has 0 aliphatic heterocycles. The molecule has 0 spiro atoms. The lowest BCUT2D eigenvalue weighted by atomic mass is 9.89. The van der Waals surface area contributed by atoms with Crippen molar-refractivity contribution in [3.8, 4) is 11.4 Å². The number of carbonyl (C=O) groups is 1. The molecule has 2 aromatic rings. The van der Waals surface area contributed by atoms with Gasteiger partial charge < -0.3 is 14.2 Å². The molecule has 2 rings (SSSR count). The van der Waals surface area contributed by atoms with Gasteiger partial charge in [0.2, 0.25) is 0 Å². The summed E-state index contributed by atoms with van der Waals surface area (Å²) in [7, 11) is 0. The Balaban J connectivity index is 2.67. The first-order valence-electron chi connectivity index (χ1n) is 6.49. The maximum absolute atomic E-state index is 11.6. The lowest BCUT2D eigenvalue weighted by molar-refractivity contribution is 0.0692. The van der Waals surface area contributed by atoms with Crippen molar-refractivity contribution in [2.24, 2.45) is 0 Å². The summed E-state index contributed by atoms with van der Waals surface area (Å²) in [6, 6.07) is 0.156. The van der Waals surface area contributed by atoms with Gasteiger partial charge in [-0.15, -0.1) is 0 Å². The SMILES string of the molecule is CC(C)n1cncc1-c1noc(C(C)(C)C)c1C(=O)O. The number of rotatable bonds is 3. The van der Waals surface area contributed by atoms with Crippen LogP contribution >= 0.6 is 0 Å². The molecule has 0 aliphatic carbocycles. The molecular formula is C14H19N3O3. The number of aromatic carboxylic acids is 1. The van der Waals surface area contributed by atoms with Crippen LogP contribution in [-0.2, 0) is 5.41 Å². The van der Waals surface area contributed by atoms with Gasteiger partial charge in [0.15, 0.2) is 5.76 Å². The van der Waals surface area contributed by atoms with Crippen LogP contribution in [0.15, 0.2) is 17.0 Å². The van der Waals surface area contributed by atoms with Crippen LogP contribution < -0.4 is 0 Å². The van der Waals surface area contributed by atoms with Gasteiger partial charge in [-0.1, -0.05) is 25.9 Å². The summed E-state index contributed by atoms with van der Waals surface area (Å²) in [6.45, 7) is 9.67. The fraction of sp³-hybridized carbons (Fsp3) is 0.500. The van der Waals surface area contributed by atoms with E-state index in [0.29, 0.717) is 17.1 Å². The smallest absolute Gasteiger partial charge is 0.341 e. The zero-order valence-corrected chi connectivity index (χ0v) is 12.3. The first-order chi connectivity index (χ1) is 9.23. The summed E-state index contributed by atoms with van der Waals surface area (Å²) >= 11 is 0. The maximum Gasteiger partial charge on any atom is 0.341 e. The van der Waals surface area contributed by atoms with Crippen LogP contribution in [0.1, 0.15) is 56.8 Å². The fourth-order valence-corrected chi connectivity index (χ4v) is 2.07. The van der Waals surface area contributed by atoms with Gasteiger partial charge in [-0.2, -0.15) is 0 Å². The number of aromatic nitrogens is 3. The van der Waals surface area contributed by atoms with E-state index in [1.807, 2.05) is 39.2 Å². The van der Waals surface area contributed by atoms with Crippen LogP contribution in [0.3, 0.4) is 0 Å². The van der Waals surface area contributed by atoms with Crippen LogP contribution in [0.5, 0.6) is 0 Å². The summed E-state index contributed by atoms with van der Waals surface area (Å²) in [5.41, 5.74) is 0.659. The summed E-state index contributed by atoms with van der Waals surface area (Å²) in [5.74, 6) is -0.667. The molecule has 1 N–H and O–H groups in total. The lowest BCUT2D eigenvalue weighted by Crippen LogP contribution is -2.15. The minimum absolute atomic E-state index is 0.111. The molecule has 6 nitrogen and oxygen atoms in total. The second kappa shape index (κ2) is 4.77. The van der Waals surface area contributed by atoms with Gasteiger partial charge in [0.25, 0.3) is 0 Å². The number of carboxylic acids is 1. The molecule has 0 unspecified atom stereocenters. The van der Waals surface area contributed by atoms with E-state index in [1.54, 1.807) is 12.5 Å². The minimum Gasteiger partial charge on any atom is -0.477 e. The molecular weight excluding hydrogens is 258 g/mol. The van der Waals surface area contributed by atoms with Crippen molar-refractivity contribution in [2.45, 2.75) is 46.1 Å². The van der Waals surface area contributed by atoms with E-state index in [1.165, 1.54) is 0 Å². The molecule has 0 fully saturated rings. The third kappa shape index (κ3) is 2.33. The van der Waals surface area contributed by atoms with E-state index >= 15 is 0 Å². The Morgan fingerprint density at radius 2 is 2.05 bits per heavy atom. The van der Waals surface area contributed by atoms with Crippen molar-refractivity contribution < 1.29 is 14.4 Å². The predicted molar refractivity (Wildman–Crippen MR) is 73.8 cm³/mol. The number of imidazole rings is 1. The zero-order chi connectivity index (χ0) is 15.1. The molecule has 20 heavy (non-hydrogen) atoms. The Labute approximate surface area is 117 Å². The van der Waals surface area contributed by atoms with Crippen LogP contribution in [0.2, 0.25) is 0 Å². The van der Waals surface area contributed by atoms with Gasteiger partial charge in [0, 0.05) is 11.5 Å². The summed E-state index contributed by atoms with van der Waals surface area (Å²) in [5, 5.41) is 13.5. The molecule has 0 bridgehead atoms. The molecule has 0 saturated carbocycles. The van der Waals surface area contributed by atoms with Crippen molar-refractivity contribution in [1.29, 1.82) is 0 Å². The third-order valence-electron chi connectivity index (χ3n) is 3.05. The summed E-state index contributed by atoms with van der Waals surface area (Å²) in [4.78, 5) is 15.7. The highest BCUT2D eigenvalue weighted by Crippen LogP contribution is 2.33. The highest BCUT2D eigenvalue weighted by atomic mass is 16.5. The molecule has 2 aromatic heterocycles. The second-order valence-electron chi connectivity index (χ2n) is 6.07. The van der Waals surface area contributed by atoms with Crippen molar-refractivity contribution in [3.05, 3.63) is 23.8 Å². The number of nitrogens with zero attached hydrogens (tertiary/aromatic N) is 3. The minimum atomic E-state index is -1.04. The average molecular weight is 277 g/mol. The second-order valence-corrected chi connectivity index (χ2v) is 6.07. The highest BCUT2D eigenvalue weighted by Gasteiger charge is 2.32. The number of hydrogen-bond donors (Lipinski definition) is 1. The first-order valence-corrected chi connectivity index (χ1v) is 6.49. The van der Waals surface area contributed by atoms with Crippen LogP contribution in [-0.4, -0.2) is 25.8 Å². The molecule has 0 atom stereocenters. The van der Waals surface area contributed by atoms with E-state index in [2.05, 4.69) is 10.1 Å². The maximum atomic E-state index is 11.6. The van der Waals surface area contributed by atoms with E-state index < -0.39 is 11.4 Å². The zero-order valence-electron chi connectivity index (χ0n) is 12.3. The van der Waals surface area contributed by atoms with Gasteiger partial charge in [-0.05, 0) is 13.8 Å². The molecule has 2 heterocycles. The number of hydrogen-bond acceptors (Lipinski definition) is 4. The molecule has 0 radical (unpaired) electrons. The topological polar surface area (TPSA) is 81.2 Å². The standard InChI is InChI=1S/C14H19N3O3/c1-8(2)17-7-15-6-9(17)11-10(13(18)19)12(20-16-11)14(3,4)5/h6-8H,1-5H3,(H,18,19). The van der Waals surface area contributed by atoms with Crippen molar-refractivity contribution in [2.75, 3.05) is 0 Å². The summed E-state index contributed by atoms with van der Waals surface area (Å²) in [6.07, 6.45) is 3.27. The van der Waals surface area contributed by atoms with Crippen molar-refractivity contribution >= 4 is 5.97 Å². The van der Waals surface area contributed by atoms with Gasteiger partial charge in [-0.25, -0.2) is 9.78 Å². The lowest BCUT2D eigenvalue weighted by Gasteiger charge is -2.15. The van der Waals surface area contributed by atoms with E-state index in [9.17, 15) is 9.90 Å². The van der Waals surface area contributed by atoms with Crippen molar-refractivity contribution in [1.82, 2.24) is 14.7 Å². The first kappa shape index (κ1) is 14.3. The molecule has 108 valence electrons. The third-order valence-corrected chi connectivity index (χ3v) is 3.05. The van der Waals surface area contributed by atoms with Crippen LogP contribution in [0.4, 0.5) is 0 Å². The van der Waals surface area contributed by atoms with Gasteiger partial charge >= 0.3 is 5.97 Å². The van der Waals surface area contributed by atoms with E-state index in [0.717, 1.165) is 0 Å². The number of carboxylic acid groups (broad SMARTS) is 1. The normalized spacial score (nSPS) is 12.1. The largest absolute Gasteiger partial charge is 0.477 e. The Kier molecular flexibility index (Phi) is 3.41. The average Bonchev–Trinajstić information content (AvgIpc) is 2.93. The molecule has 0 aromatic carbocycles. The quantitative estimate of drug-likeness (QED) is 0.932. The predicted octanol–water partition coefficient (Wildman–Crippen LogP) is 3.11. The van der Waals surface area contributed by atoms with E-state index in [4.69, 9.17) is 4.52 Å². The summed E-state index contributed by atoms with van der Waals surface area (Å²) < 4.78 is 7.18. The Bertz CT molecular complexity index is 632. The molecule has 0 saturated heterocycles. The van der Waals surface area contributed by atoms with E-state index in [-0.39, 0.29) is 11.6 Å². The molecule has 0 amide bonds. The van der Waals surface area contributed by atoms with Crippen LogP contribution in [0, 0.1) is 0 Å². The molecule has 6 heteroatoms. The Morgan fingerprint density at radius 3 is 2.55 bits per heavy atom. The Hall–Kier alpha value is -2.11.